The second-order valence-corrected chi connectivity index (χ2v) is 8.98. The third-order valence-electron chi connectivity index (χ3n) is 7.37. The maximum Gasteiger partial charge on any atom is 0.233 e. The van der Waals surface area contributed by atoms with Gasteiger partial charge in [-0.3, -0.25) is 24.1 Å². The maximum absolute atomic E-state index is 13.2. The van der Waals surface area contributed by atoms with Crippen molar-refractivity contribution in [1.82, 2.24) is 4.90 Å². The number of aryl methyl sites for hydroxylation is 1. The van der Waals surface area contributed by atoms with Crippen molar-refractivity contribution in [2.24, 2.45) is 17.8 Å². The number of likely N-dealkylation sites (tertiary alicyclic amines) is 1. The summed E-state index contributed by atoms with van der Waals surface area (Å²) in [5.74, 6) is -2.71. The smallest absolute Gasteiger partial charge is 0.233 e. The van der Waals surface area contributed by atoms with Crippen LogP contribution in [0.1, 0.15) is 36.8 Å². The molecule has 4 aliphatic rings. The standard InChI is InChI=1S/C25H23NO5/c1-11-5-4-6-14(22(11)28)19-13-7-8-15-20(25(31)26(3)24(15)30)16(13)10-17-18(27)9-12(2)23(29)21(17)19/h4-7,9,15-16,19-20,28H,8,10H2,1-3H3/t15-,16+,19+,20-/m0/s1. The van der Waals surface area contributed by atoms with Gasteiger partial charge in [0.05, 0.1) is 11.8 Å². The monoisotopic (exact) mass is 417 g/mol. The number of phenolic OH excluding ortho intramolecular Hbond substituents is 1. The molecule has 5 rings (SSSR count). The molecule has 0 spiro atoms. The van der Waals surface area contributed by atoms with Crippen LogP contribution in [0.4, 0.5) is 0 Å². The van der Waals surface area contributed by atoms with Crippen molar-refractivity contribution in [2.75, 3.05) is 7.05 Å². The predicted octanol–water partition coefficient (Wildman–Crippen LogP) is 2.76. The molecule has 3 aliphatic carbocycles. The Bertz CT molecular complexity index is 1180. The number of amides is 2. The van der Waals surface area contributed by atoms with E-state index in [-0.39, 0.29) is 41.5 Å². The summed E-state index contributed by atoms with van der Waals surface area (Å²) in [5.41, 5.74) is 3.26. The Hall–Kier alpha value is -3.28. The summed E-state index contributed by atoms with van der Waals surface area (Å²) >= 11 is 0. The van der Waals surface area contributed by atoms with E-state index in [2.05, 4.69) is 0 Å². The van der Waals surface area contributed by atoms with Crippen LogP contribution in [0.5, 0.6) is 5.75 Å². The van der Waals surface area contributed by atoms with E-state index in [4.69, 9.17) is 0 Å². The van der Waals surface area contributed by atoms with Gasteiger partial charge >= 0.3 is 0 Å². The highest BCUT2D eigenvalue weighted by Gasteiger charge is 2.55. The summed E-state index contributed by atoms with van der Waals surface area (Å²) in [6.45, 7) is 3.41. The van der Waals surface area contributed by atoms with Crippen LogP contribution in [0, 0.1) is 24.7 Å². The van der Waals surface area contributed by atoms with Gasteiger partial charge in [0.1, 0.15) is 5.75 Å². The van der Waals surface area contributed by atoms with Gasteiger partial charge in [-0.25, -0.2) is 0 Å². The van der Waals surface area contributed by atoms with Gasteiger partial charge in [0.25, 0.3) is 0 Å². The molecule has 158 valence electrons. The lowest BCUT2D eigenvalue weighted by Crippen LogP contribution is -2.39. The molecule has 1 heterocycles. The van der Waals surface area contributed by atoms with Gasteiger partial charge in [0, 0.05) is 35.2 Å². The molecule has 31 heavy (non-hydrogen) atoms. The Balaban J connectivity index is 1.75. The number of phenols is 1. The molecule has 6 nitrogen and oxygen atoms in total. The zero-order chi connectivity index (χ0) is 22.2. The van der Waals surface area contributed by atoms with Crippen molar-refractivity contribution in [1.29, 1.82) is 0 Å². The van der Waals surface area contributed by atoms with E-state index < -0.39 is 17.8 Å². The highest BCUT2D eigenvalue weighted by Crippen LogP contribution is 2.56. The largest absolute Gasteiger partial charge is 0.507 e. The summed E-state index contributed by atoms with van der Waals surface area (Å²) in [7, 11) is 1.50. The van der Waals surface area contributed by atoms with Gasteiger partial charge in [-0.2, -0.15) is 0 Å². The van der Waals surface area contributed by atoms with Gasteiger partial charge in [-0.15, -0.1) is 0 Å². The number of Topliss-reactive ketones (excluding diaryl/α,β-unsaturated/α-hetero) is 1. The first-order valence-corrected chi connectivity index (χ1v) is 10.5. The molecule has 0 bridgehead atoms. The average Bonchev–Trinajstić information content (AvgIpc) is 2.97. The number of ketones is 2. The number of fused-ring (bicyclic) bond motifs is 3. The zero-order valence-corrected chi connectivity index (χ0v) is 17.6. The van der Waals surface area contributed by atoms with E-state index in [1.165, 1.54) is 18.0 Å². The first kappa shape index (κ1) is 19.7. The summed E-state index contributed by atoms with van der Waals surface area (Å²) < 4.78 is 0. The average molecular weight is 417 g/mol. The quantitative estimate of drug-likeness (QED) is 0.431. The molecule has 1 fully saturated rings. The predicted molar refractivity (Wildman–Crippen MR) is 112 cm³/mol. The van der Waals surface area contributed by atoms with Crippen LogP contribution in [-0.2, 0) is 19.2 Å². The number of hydrogen-bond donors (Lipinski definition) is 1. The van der Waals surface area contributed by atoms with E-state index in [0.717, 1.165) is 5.57 Å². The van der Waals surface area contributed by atoms with E-state index in [1.54, 1.807) is 26.0 Å². The maximum atomic E-state index is 13.2. The minimum absolute atomic E-state index is 0.0846. The van der Waals surface area contributed by atoms with E-state index >= 15 is 0 Å². The number of carbonyl (C=O) groups is 4. The molecule has 0 unspecified atom stereocenters. The summed E-state index contributed by atoms with van der Waals surface area (Å²) in [6, 6.07) is 5.37. The molecule has 0 saturated carbocycles. The Kier molecular flexibility index (Phi) is 4.19. The Morgan fingerprint density at radius 3 is 2.52 bits per heavy atom. The number of imide groups is 1. The number of nitrogens with zero attached hydrogens (tertiary/aromatic N) is 1. The van der Waals surface area contributed by atoms with Gasteiger partial charge in [-0.1, -0.05) is 29.8 Å². The van der Waals surface area contributed by atoms with Crippen LogP contribution in [0.3, 0.4) is 0 Å². The summed E-state index contributed by atoms with van der Waals surface area (Å²) in [5, 5.41) is 10.9. The zero-order valence-electron chi connectivity index (χ0n) is 17.6. The topological polar surface area (TPSA) is 91.8 Å². The second kappa shape index (κ2) is 6.61. The van der Waals surface area contributed by atoms with Crippen LogP contribution < -0.4 is 0 Å². The van der Waals surface area contributed by atoms with Gasteiger partial charge < -0.3 is 5.11 Å². The molecule has 1 aromatic rings. The molecule has 1 N–H and O–H groups in total. The number of aromatic hydroxyl groups is 1. The lowest BCUT2D eigenvalue weighted by Gasteiger charge is -2.42. The number of para-hydroxylation sites is 1. The van der Waals surface area contributed by atoms with Crippen molar-refractivity contribution in [2.45, 2.75) is 32.6 Å². The van der Waals surface area contributed by atoms with E-state index in [1.807, 2.05) is 12.1 Å². The van der Waals surface area contributed by atoms with Crippen LogP contribution in [0.2, 0.25) is 0 Å². The normalized spacial score (nSPS) is 30.1. The Morgan fingerprint density at radius 2 is 1.77 bits per heavy atom. The highest BCUT2D eigenvalue weighted by molar-refractivity contribution is 6.23. The molecule has 4 atom stereocenters. The summed E-state index contributed by atoms with van der Waals surface area (Å²) in [4.78, 5) is 53.0. The SMILES string of the molecule is CC1=CC(=O)C2=C(C1=O)[C@@H](c1cccc(C)c1O)C1=CC[C@@H]3C(=O)N(C)C(=O)[C@@H]3[C@@H]1C2. The fraction of sp³-hybridized carbons (Fsp3) is 0.360. The van der Waals surface area contributed by atoms with Gasteiger partial charge in [0.2, 0.25) is 11.8 Å². The van der Waals surface area contributed by atoms with Crippen molar-refractivity contribution >= 4 is 23.4 Å². The minimum atomic E-state index is -0.608. The second-order valence-electron chi connectivity index (χ2n) is 8.98. The van der Waals surface area contributed by atoms with Crippen LogP contribution >= 0.6 is 0 Å². The van der Waals surface area contributed by atoms with Crippen molar-refractivity contribution in [3.8, 4) is 5.75 Å². The third-order valence-corrected chi connectivity index (χ3v) is 7.37. The van der Waals surface area contributed by atoms with Crippen LogP contribution in [-0.4, -0.2) is 40.4 Å². The molecule has 1 aliphatic heterocycles. The molecule has 2 amide bonds. The lowest BCUT2D eigenvalue weighted by molar-refractivity contribution is -0.138. The van der Waals surface area contributed by atoms with Crippen molar-refractivity contribution < 1.29 is 24.3 Å². The fourth-order valence-electron chi connectivity index (χ4n) is 5.79. The molecular formula is C25H23NO5. The fourth-order valence-corrected chi connectivity index (χ4v) is 5.79. The number of allylic oxidation sites excluding steroid dienone is 6. The number of hydrogen-bond acceptors (Lipinski definition) is 5. The highest BCUT2D eigenvalue weighted by atomic mass is 16.3. The molecule has 6 heteroatoms. The van der Waals surface area contributed by atoms with Crippen molar-refractivity contribution in [3.05, 3.63) is 63.8 Å². The van der Waals surface area contributed by atoms with E-state index in [0.29, 0.717) is 34.3 Å². The number of rotatable bonds is 1. The first-order chi connectivity index (χ1) is 14.7. The lowest BCUT2D eigenvalue weighted by atomic mass is 9.59. The molecule has 0 radical (unpaired) electrons. The van der Waals surface area contributed by atoms with E-state index in [9.17, 15) is 24.3 Å². The molecular weight excluding hydrogens is 394 g/mol. The van der Waals surface area contributed by atoms with Gasteiger partial charge in [0.15, 0.2) is 11.6 Å². The molecule has 1 saturated heterocycles. The number of carbonyl (C=O) groups excluding carboxylic acids is 4. The summed E-state index contributed by atoms with van der Waals surface area (Å²) in [6.07, 6.45) is 3.98. The minimum Gasteiger partial charge on any atom is -0.507 e. The van der Waals surface area contributed by atoms with Crippen LogP contribution in [0.15, 0.2) is 52.6 Å². The van der Waals surface area contributed by atoms with Crippen LogP contribution in [0.25, 0.3) is 0 Å². The number of benzene rings is 1. The Labute approximate surface area is 179 Å². The molecule has 0 aromatic heterocycles. The molecule has 1 aromatic carbocycles. The Morgan fingerprint density at radius 1 is 1.03 bits per heavy atom. The van der Waals surface area contributed by atoms with Crippen molar-refractivity contribution in [3.63, 3.8) is 0 Å². The van der Waals surface area contributed by atoms with Gasteiger partial charge in [-0.05, 0) is 44.2 Å². The first-order valence-electron chi connectivity index (χ1n) is 10.5. The third kappa shape index (κ3) is 2.57.